The summed E-state index contributed by atoms with van der Waals surface area (Å²) >= 11 is 6.46. The number of rotatable bonds is 9. The number of likely N-dealkylation sites (tertiary alicyclic amines) is 1. The van der Waals surface area contributed by atoms with Crippen molar-refractivity contribution in [1.82, 2.24) is 14.8 Å². The van der Waals surface area contributed by atoms with Crippen LogP contribution in [-0.4, -0.2) is 101 Å². The van der Waals surface area contributed by atoms with Crippen LogP contribution in [0.1, 0.15) is 17.5 Å². The van der Waals surface area contributed by atoms with Gasteiger partial charge in [-0.15, -0.1) is 13.2 Å². The highest BCUT2D eigenvalue weighted by Gasteiger charge is 2.64. The van der Waals surface area contributed by atoms with Crippen molar-refractivity contribution < 1.29 is 55.2 Å². The first-order valence-electron chi connectivity index (χ1n) is 14.1. The van der Waals surface area contributed by atoms with E-state index in [2.05, 4.69) is 9.72 Å². The fraction of sp³-hybridized carbons (Fsp3) is 0.367. The lowest BCUT2D eigenvalue weighted by molar-refractivity contribution is -0.275. The summed E-state index contributed by atoms with van der Waals surface area (Å²) in [7, 11) is 1.22. The Balaban J connectivity index is 1.85. The van der Waals surface area contributed by atoms with Crippen molar-refractivity contribution in [2.45, 2.75) is 35.4 Å². The molecule has 0 aliphatic carbocycles. The van der Waals surface area contributed by atoms with E-state index in [-0.39, 0.29) is 40.7 Å². The number of hydrogen-bond acceptors (Lipinski definition) is 11. The lowest BCUT2D eigenvalue weighted by atomic mass is 9.81. The number of hydrogen-bond donors (Lipinski definition) is 1. The van der Waals surface area contributed by atoms with Gasteiger partial charge in [0, 0.05) is 55.1 Å². The molecule has 1 unspecified atom stereocenters. The van der Waals surface area contributed by atoms with E-state index in [9.17, 15) is 31.5 Å². The van der Waals surface area contributed by atoms with Crippen LogP contribution >= 0.6 is 11.6 Å². The Labute approximate surface area is 278 Å². The average Bonchev–Trinajstić information content (AvgIpc) is 3.53. The summed E-state index contributed by atoms with van der Waals surface area (Å²) in [6.07, 6.45) is -5.14. The first kappa shape index (κ1) is 35.0. The Hall–Kier alpha value is -4.32. The molecule has 2 aliphatic heterocycles. The molecule has 3 heterocycles. The highest BCUT2D eigenvalue weighted by Crippen LogP contribution is 2.55. The molecule has 2 aromatic carbocycles. The summed E-state index contributed by atoms with van der Waals surface area (Å²) in [6, 6.07) is 7.11. The van der Waals surface area contributed by atoms with Gasteiger partial charge in [-0.2, -0.15) is 0 Å². The number of methoxy groups -OCH3 is 3. The molecule has 0 radical (unpaired) electrons. The fourth-order valence-electron chi connectivity index (χ4n) is 6.18. The Kier molecular flexibility index (Phi) is 9.19. The van der Waals surface area contributed by atoms with E-state index in [0.717, 1.165) is 20.3 Å². The molecule has 3 aromatic rings. The monoisotopic (exact) mass is 714 g/mol. The van der Waals surface area contributed by atoms with Crippen LogP contribution in [-0.2, 0) is 25.2 Å². The van der Waals surface area contributed by atoms with E-state index in [1.54, 1.807) is 0 Å². The molecule has 3 atom stereocenters. The minimum absolute atomic E-state index is 0.0118. The summed E-state index contributed by atoms with van der Waals surface area (Å²) < 4.78 is 89.6. The van der Waals surface area contributed by atoms with Crippen LogP contribution < -0.4 is 23.3 Å². The van der Waals surface area contributed by atoms with Crippen molar-refractivity contribution in [3.05, 3.63) is 64.8 Å². The second-order valence-corrected chi connectivity index (χ2v) is 13.2. The summed E-state index contributed by atoms with van der Waals surface area (Å²) in [4.78, 5) is 34.8. The van der Waals surface area contributed by atoms with E-state index in [4.69, 9.17) is 25.8 Å². The van der Waals surface area contributed by atoms with Gasteiger partial charge in [0.2, 0.25) is 17.5 Å². The number of sulfonamides is 1. The maximum atomic E-state index is 15.2. The minimum atomic E-state index is -5.26. The topological polar surface area (TPSA) is 148 Å². The van der Waals surface area contributed by atoms with Crippen LogP contribution in [0.4, 0.5) is 18.9 Å². The summed E-state index contributed by atoms with van der Waals surface area (Å²) in [5.74, 6) is -3.84. The number of β-amino-alcohol motifs (C(OH)–C–C–N with tert-alkyl or cyclic N) is 1. The third-order valence-electron chi connectivity index (χ3n) is 8.03. The van der Waals surface area contributed by atoms with Crippen molar-refractivity contribution in [2.24, 2.45) is 0 Å². The summed E-state index contributed by atoms with van der Waals surface area (Å²) in [6.45, 7) is -0.284. The first-order valence-corrected chi connectivity index (χ1v) is 15.9. The van der Waals surface area contributed by atoms with E-state index >= 15 is 4.79 Å². The number of carbonyl (C=O) groups excluding carboxylic acids is 2. The zero-order chi connectivity index (χ0) is 35.3. The molecule has 258 valence electrons. The molecule has 5 rings (SSSR count). The summed E-state index contributed by atoms with van der Waals surface area (Å²) in [5.41, 5.74) is -2.46. The molecule has 0 spiro atoms. The molecule has 13 nitrogen and oxygen atoms in total. The van der Waals surface area contributed by atoms with Gasteiger partial charge in [-0.1, -0.05) is 11.6 Å². The minimum Gasteiger partial charge on any atom is -0.493 e. The molecule has 2 aliphatic rings. The predicted molar refractivity (Wildman–Crippen MR) is 164 cm³/mol. The predicted octanol–water partition coefficient (Wildman–Crippen LogP) is 3.16. The molecular weight excluding hydrogens is 685 g/mol. The smallest absolute Gasteiger partial charge is 0.493 e. The van der Waals surface area contributed by atoms with Gasteiger partial charge in [-0.25, -0.2) is 17.7 Å². The van der Waals surface area contributed by atoms with E-state index < -0.39 is 68.0 Å². The number of ether oxygens (including phenoxy) is 4. The van der Waals surface area contributed by atoms with Gasteiger partial charge in [-0.05, 0) is 36.8 Å². The van der Waals surface area contributed by atoms with Crippen molar-refractivity contribution >= 4 is 39.1 Å². The number of aromatic nitrogens is 1. The third-order valence-corrected chi connectivity index (χ3v) is 9.94. The number of alkyl halides is 3. The maximum Gasteiger partial charge on any atom is 0.573 e. The molecule has 2 amide bonds. The molecule has 0 bridgehead atoms. The molecule has 18 heteroatoms. The van der Waals surface area contributed by atoms with Crippen molar-refractivity contribution in [2.75, 3.05) is 46.3 Å². The largest absolute Gasteiger partial charge is 0.573 e. The number of benzene rings is 2. The number of amides is 2. The molecule has 0 saturated carbocycles. The first-order chi connectivity index (χ1) is 22.5. The Bertz CT molecular complexity index is 1880. The molecule has 1 fully saturated rings. The quantitative estimate of drug-likeness (QED) is 0.349. The summed E-state index contributed by atoms with van der Waals surface area (Å²) in [5, 5.41) is 11.0. The average molecular weight is 715 g/mol. The number of likely N-dealkylation sites (N-methyl/N-ethyl adjacent to an activating group) is 1. The Morgan fingerprint density at radius 2 is 1.75 bits per heavy atom. The number of anilines is 1. The van der Waals surface area contributed by atoms with Gasteiger partial charge in [-0.3, -0.25) is 14.5 Å². The van der Waals surface area contributed by atoms with Crippen LogP contribution in [0.5, 0.6) is 23.1 Å². The highest BCUT2D eigenvalue weighted by molar-refractivity contribution is 7.93. The van der Waals surface area contributed by atoms with Gasteiger partial charge in [0.15, 0.2) is 17.0 Å². The molecule has 48 heavy (non-hydrogen) atoms. The standard InChI is InChI=1S/C30H30ClF3N4O9S/c1-36(2)27(40)22-12-17(39)15-37(22)29(19-7-6-10-35-26(19)46-5)20-11-16(31)8-9-21(20)38(28(29)41)48(42,43)18-13-23(44-3)25(45-4)24(14-18)47-30(32,33)34/h6-11,13-14,17,22,39H,12,15H2,1-5H3/t17-,22+,29?/m1/s1. The van der Waals surface area contributed by atoms with Crippen molar-refractivity contribution in [3.63, 3.8) is 0 Å². The molecule has 1 aromatic heterocycles. The zero-order valence-corrected chi connectivity index (χ0v) is 27.7. The number of pyridine rings is 1. The van der Waals surface area contributed by atoms with Gasteiger partial charge >= 0.3 is 6.36 Å². The van der Waals surface area contributed by atoms with Crippen LogP contribution in [0.3, 0.4) is 0 Å². The second-order valence-electron chi connectivity index (χ2n) is 11.0. The lowest BCUT2D eigenvalue weighted by Crippen LogP contribution is -2.59. The van der Waals surface area contributed by atoms with E-state index in [1.165, 1.54) is 67.5 Å². The molecule has 1 saturated heterocycles. The Morgan fingerprint density at radius 3 is 2.35 bits per heavy atom. The zero-order valence-electron chi connectivity index (χ0n) is 26.1. The van der Waals surface area contributed by atoms with Gasteiger partial charge in [0.1, 0.15) is 0 Å². The van der Waals surface area contributed by atoms with Crippen LogP contribution in [0.2, 0.25) is 5.02 Å². The number of aliphatic hydroxyl groups is 1. The van der Waals surface area contributed by atoms with Crippen molar-refractivity contribution in [3.8, 4) is 23.1 Å². The van der Waals surface area contributed by atoms with E-state index in [1.807, 2.05) is 0 Å². The molecular formula is C30H30ClF3N4O9S. The SMILES string of the molecule is COc1cc(S(=O)(=O)N2C(=O)C(c3cccnc3OC)(N3C[C@H](O)C[C@H]3C(=O)N(C)C)c3cc(Cl)ccc32)cc(OC(F)(F)F)c1OC. The Morgan fingerprint density at radius 1 is 1.06 bits per heavy atom. The van der Waals surface area contributed by atoms with Gasteiger partial charge in [0.05, 0.1) is 44.1 Å². The van der Waals surface area contributed by atoms with E-state index in [0.29, 0.717) is 10.4 Å². The van der Waals surface area contributed by atoms with Crippen molar-refractivity contribution in [1.29, 1.82) is 0 Å². The number of carbonyl (C=O) groups is 2. The molecule has 1 N–H and O–H groups in total. The van der Waals surface area contributed by atoms with Crippen LogP contribution in [0.25, 0.3) is 0 Å². The number of nitrogens with zero attached hydrogens (tertiary/aromatic N) is 4. The third kappa shape index (κ3) is 5.63. The van der Waals surface area contributed by atoms with Crippen LogP contribution in [0.15, 0.2) is 53.6 Å². The number of fused-ring (bicyclic) bond motifs is 1. The fourth-order valence-corrected chi connectivity index (χ4v) is 7.85. The number of aliphatic hydroxyl groups excluding tert-OH is 1. The highest BCUT2D eigenvalue weighted by atomic mass is 35.5. The second kappa shape index (κ2) is 12.6. The lowest BCUT2D eigenvalue weighted by Gasteiger charge is -2.41. The maximum absolute atomic E-state index is 15.2. The van der Waals surface area contributed by atoms with Gasteiger partial charge < -0.3 is 29.0 Å². The normalized spacial score (nSPS) is 21.2. The number of halogens is 4. The van der Waals surface area contributed by atoms with Crippen LogP contribution in [0, 0.1) is 0 Å². The van der Waals surface area contributed by atoms with Gasteiger partial charge in [0.25, 0.3) is 15.9 Å².